The number of ether oxygens (including phenoxy) is 2. The minimum Gasteiger partial charge on any atom is -0.493 e. The van der Waals surface area contributed by atoms with Crippen LogP contribution in [-0.4, -0.2) is 36.7 Å². The highest BCUT2D eigenvalue weighted by Gasteiger charge is 2.08. The van der Waals surface area contributed by atoms with Crippen LogP contribution in [0, 0.1) is 0 Å². The highest BCUT2D eigenvalue weighted by Crippen LogP contribution is 2.27. The van der Waals surface area contributed by atoms with Gasteiger partial charge in [-0.1, -0.05) is 18.2 Å². The van der Waals surface area contributed by atoms with Crippen molar-refractivity contribution in [1.29, 1.82) is 0 Å². The Morgan fingerprint density at radius 3 is 2.82 bits per heavy atom. The summed E-state index contributed by atoms with van der Waals surface area (Å²) in [7, 11) is 1.48. The second-order valence-electron chi connectivity index (χ2n) is 5.99. The Morgan fingerprint density at radius 2 is 2.04 bits per heavy atom. The lowest BCUT2D eigenvalue weighted by Gasteiger charge is -2.09. The van der Waals surface area contributed by atoms with Crippen molar-refractivity contribution in [3.05, 3.63) is 59.8 Å². The standard InChI is InChI=1S/C20H20N4O4/c1-27-18-8-13(6-7-17(18)28-12-19(21)25)10-23-24-20(26)9-14-11-22-16-5-3-2-4-15(14)16/h2-8,10-11,22H,9,12H2,1H3,(H2,21,25)(H,24,26). The van der Waals surface area contributed by atoms with Crippen molar-refractivity contribution in [1.82, 2.24) is 10.4 Å². The zero-order valence-electron chi connectivity index (χ0n) is 15.3. The van der Waals surface area contributed by atoms with Crippen molar-refractivity contribution in [3.63, 3.8) is 0 Å². The number of rotatable bonds is 8. The second kappa shape index (κ2) is 8.72. The van der Waals surface area contributed by atoms with Crippen LogP contribution in [0.1, 0.15) is 11.1 Å². The maximum absolute atomic E-state index is 12.1. The monoisotopic (exact) mass is 380 g/mol. The van der Waals surface area contributed by atoms with Crippen molar-refractivity contribution >= 4 is 28.9 Å². The molecule has 0 aliphatic carbocycles. The second-order valence-corrected chi connectivity index (χ2v) is 5.99. The number of carbonyl (C=O) groups excluding carboxylic acids is 2. The lowest BCUT2D eigenvalue weighted by Crippen LogP contribution is -2.20. The number of benzene rings is 2. The highest BCUT2D eigenvalue weighted by molar-refractivity contribution is 5.89. The Bertz CT molecular complexity index is 1030. The fourth-order valence-corrected chi connectivity index (χ4v) is 2.70. The van der Waals surface area contributed by atoms with E-state index in [0.29, 0.717) is 17.1 Å². The minimum absolute atomic E-state index is 0.213. The van der Waals surface area contributed by atoms with Crippen molar-refractivity contribution in [3.8, 4) is 11.5 Å². The van der Waals surface area contributed by atoms with Gasteiger partial charge in [0.25, 0.3) is 5.91 Å². The zero-order valence-corrected chi connectivity index (χ0v) is 15.3. The van der Waals surface area contributed by atoms with E-state index in [4.69, 9.17) is 15.2 Å². The molecule has 1 heterocycles. The number of primary amides is 1. The predicted molar refractivity (Wildman–Crippen MR) is 105 cm³/mol. The predicted octanol–water partition coefficient (Wildman–Crippen LogP) is 1.73. The van der Waals surface area contributed by atoms with Gasteiger partial charge in [-0.25, -0.2) is 5.43 Å². The van der Waals surface area contributed by atoms with Crippen molar-refractivity contribution < 1.29 is 19.1 Å². The number of nitrogens with one attached hydrogen (secondary N) is 2. The molecule has 0 aliphatic heterocycles. The summed E-state index contributed by atoms with van der Waals surface area (Å²) in [5, 5.41) is 4.99. The van der Waals surface area contributed by atoms with Gasteiger partial charge in [0.2, 0.25) is 5.91 Å². The van der Waals surface area contributed by atoms with Crippen LogP contribution in [0.15, 0.2) is 53.8 Å². The van der Waals surface area contributed by atoms with E-state index < -0.39 is 5.91 Å². The molecule has 0 radical (unpaired) electrons. The van der Waals surface area contributed by atoms with Gasteiger partial charge in [-0.3, -0.25) is 9.59 Å². The van der Waals surface area contributed by atoms with Gasteiger partial charge in [0.15, 0.2) is 18.1 Å². The quantitative estimate of drug-likeness (QED) is 0.407. The van der Waals surface area contributed by atoms with Crippen LogP contribution in [-0.2, 0) is 16.0 Å². The number of aromatic amines is 1. The third kappa shape index (κ3) is 4.67. The number of hydrogen-bond donors (Lipinski definition) is 3. The number of hydrogen-bond acceptors (Lipinski definition) is 5. The molecule has 3 rings (SSSR count). The maximum Gasteiger partial charge on any atom is 0.255 e. The third-order valence-electron chi connectivity index (χ3n) is 3.99. The first-order valence-corrected chi connectivity index (χ1v) is 8.53. The summed E-state index contributed by atoms with van der Waals surface area (Å²) in [6.07, 6.45) is 3.53. The van der Waals surface area contributed by atoms with Crippen LogP contribution in [0.25, 0.3) is 10.9 Å². The van der Waals surface area contributed by atoms with E-state index in [1.54, 1.807) is 18.2 Å². The molecule has 8 nitrogen and oxygen atoms in total. The summed E-state index contributed by atoms with van der Waals surface area (Å²) in [4.78, 5) is 26.1. The molecular formula is C20H20N4O4. The smallest absolute Gasteiger partial charge is 0.255 e. The number of methoxy groups -OCH3 is 1. The molecule has 0 fully saturated rings. The molecule has 0 atom stereocenters. The summed E-state index contributed by atoms with van der Waals surface area (Å²) in [5.74, 6) is 0.0112. The molecule has 0 saturated heterocycles. The molecule has 2 aromatic carbocycles. The maximum atomic E-state index is 12.1. The fourth-order valence-electron chi connectivity index (χ4n) is 2.70. The van der Waals surface area contributed by atoms with Gasteiger partial charge in [0, 0.05) is 17.1 Å². The number of para-hydroxylation sites is 1. The number of hydrazone groups is 1. The van der Waals surface area contributed by atoms with Crippen molar-refractivity contribution in [2.45, 2.75) is 6.42 Å². The molecule has 8 heteroatoms. The Morgan fingerprint density at radius 1 is 1.21 bits per heavy atom. The van der Waals surface area contributed by atoms with Gasteiger partial charge in [-0.2, -0.15) is 5.10 Å². The number of aromatic nitrogens is 1. The molecule has 0 spiro atoms. The van der Waals surface area contributed by atoms with Crippen molar-refractivity contribution in [2.24, 2.45) is 10.8 Å². The topological polar surface area (TPSA) is 119 Å². The summed E-state index contributed by atoms with van der Waals surface area (Å²) in [6.45, 7) is -0.242. The molecule has 28 heavy (non-hydrogen) atoms. The summed E-state index contributed by atoms with van der Waals surface area (Å²) in [6, 6.07) is 12.8. The molecule has 0 unspecified atom stereocenters. The number of fused-ring (bicyclic) bond motifs is 1. The highest BCUT2D eigenvalue weighted by atomic mass is 16.5. The number of nitrogens with two attached hydrogens (primary N) is 1. The average molecular weight is 380 g/mol. The largest absolute Gasteiger partial charge is 0.493 e. The number of carbonyl (C=O) groups is 2. The van der Waals surface area contributed by atoms with E-state index in [9.17, 15) is 9.59 Å². The van der Waals surface area contributed by atoms with Crippen LogP contribution in [0.2, 0.25) is 0 Å². The first kappa shape index (κ1) is 19.0. The molecule has 4 N–H and O–H groups in total. The fraction of sp³-hybridized carbons (Fsp3) is 0.150. The average Bonchev–Trinajstić information content (AvgIpc) is 3.09. The Labute approximate surface area is 161 Å². The number of H-pyrrole nitrogens is 1. The Balaban J connectivity index is 1.60. The van der Waals surface area contributed by atoms with Gasteiger partial charge < -0.3 is 20.2 Å². The van der Waals surface area contributed by atoms with E-state index in [1.165, 1.54) is 13.3 Å². The number of nitrogens with zero attached hydrogens (tertiary/aromatic N) is 1. The zero-order chi connectivity index (χ0) is 19.9. The molecule has 3 aromatic rings. The molecular weight excluding hydrogens is 360 g/mol. The Kier molecular flexibility index (Phi) is 5.91. The van der Waals surface area contributed by atoms with Gasteiger partial charge in [-0.15, -0.1) is 0 Å². The van der Waals surface area contributed by atoms with Crippen LogP contribution in [0.3, 0.4) is 0 Å². The van der Waals surface area contributed by atoms with E-state index in [1.807, 2.05) is 30.5 Å². The van der Waals surface area contributed by atoms with Crippen LogP contribution in [0.5, 0.6) is 11.5 Å². The first-order valence-electron chi connectivity index (χ1n) is 8.53. The van der Waals surface area contributed by atoms with E-state index in [-0.39, 0.29) is 18.9 Å². The summed E-state index contributed by atoms with van der Waals surface area (Å²) < 4.78 is 10.5. The Hall–Kier alpha value is -3.81. The van der Waals surface area contributed by atoms with Gasteiger partial charge >= 0.3 is 0 Å². The van der Waals surface area contributed by atoms with Crippen LogP contribution >= 0.6 is 0 Å². The van der Waals surface area contributed by atoms with E-state index >= 15 is 0 Å². The summed E-state index contributed by atoms with van der Waals surface area (Å²) >= 11 is 0. The molecule has 2 amide bonds. The third-order valence-corrected chi connectivity index (χ3v) is 3.99. The SMILES string of the molecule is COc1cc(C=NNC(=O)Cc2c[nH]c3ccccc23)ccc1OCC(N)=O. The molecule has 0 bridgehead atoms. The molecule has 0 aliphatic rings. The van der Waals surface area contributed by atoms with Gasteiger partial charge in [0.05, 0.1) is 19.7 Å². The lowest BCUT2D eigenvalue weighted by molar-refractivity contribution is -0.121. The van der Waals surface area contributed by atoms with Crippen LogP contribution in [0.4, 0.5) is 0 Å². The first-order chi connectivity index (χ1) is 13.6. The van der Waals surface area contributed by atoms with E-state index in [2.05, 4.69) is 15.5 Å². The normalized spacial score (nSPS) is 10.9. The van der Waals surface area contributed by atoms with Crippen LogP contribution < -0.4 is 20.6 Å². The van der Waals surface area contributed by atoms with Crippen molar-refractivity contribution in [2.75, 3.05) is 13.7 Å². The summed E-state index contributed by atoms with van der Waals surface area (Å²) in [5.41, 5.74) is 10.2. The van der Waals surface area contributed by atoms with E-state index in [0.717, 1.165) is 16.5 Å². The van der Waals surface area contributed by atoms with Gasteiger partial charge in [-0.05, 0) is 35.4 Å². The number of amides is 2. The molecule has 1 aromatic heterocycles. The molecule has 0 saturated carbocycles. The van der Waals surface area contributed by atoms with Gasteiger partial charge in [0.1, 0.15) is 0 Å². The minimum atomic E-state index is -0.578. The lowest BCUT2D eigenvalue weighted by atomic mass is 10.1. The molecule has 144 valence electrons.